The lowest BCUT2D eigenvalue weighted by molar-refractivity contribution is 0.114. The quantitative estimate of drug-likeness (QED) is 0.777. The summed E-state index contributed by atoms with van der Waals surface area (Å²) in [7, 11) is 1.73. The number of hydrogen-bond acceptors (Lipinski definition) is 3. The molecule has 2 unspecified atom stereocenters. The maximum Gasteiger partial charge on any atom is 0.0667 e. The summed E-state index contributed by atoms with van der Waals surface area (Å²) in [5, 5.41) is 3.47. The fourth-order valence-corrected chi connectivity index (χ4v) is 2.18. The van der Waals surface area contributed by atoms with Crippen molar-refractivity contribution >= 4 is 0 Å². The first-order valence-corrected chi connectivity index (χ1v) is 6.80. The molecule has 3 N–H and O–H groups in total. The number of methoxy groups -OCH3 is 1. The van der Waals surface area contributed by atoms with Crippen molar-refractivity contribution in [1.82, 2.24) is 5.32 Å². The molecule has 3 nitrogen and oxygen atoms in total. The first-order chi connectivity index (χ1) is 8.74. The molecule has 1 aromatic rings. The average Bonchev–Trinajstić information content (AvgIpc) is 3.24. The molecule has 0 saturated heterocycles. The second kappa shape index (κ2) is 6.32. The van der Waals surface area contributed by atoms with Crippen LogP contribution in [0.3, 0.4) is 0 Å². The van der Waals surface area contributed by atoms with Gasteiger partial charge in [0, 0.05) is 26.2 Å². The van der Waals surface area contributed by atoms with Crippen LogP contribution in [0, 0.1) is 0 Å². The smallest absolute Gasteiger partial charge is 0.0667 e. The molecule has 0 amide bonds. The molecular weight excluding hydrogens is 224 g/mol. The highest BCUT2D eigenvalue weighted by Crippen LogP contribution is 2.40. The van der Waals surface area contributed by atoms with Crippen molar-refractivity contribution in [3.05, 3.63) is 35.4 Å². The third-order valence-corrected chi connectivity index (χ3v) is 3.65. The third kappa shape index (κ3) is 3.55. The zero-order valence-corrected chi connectivity index (χ0v) is 11.4. The Morgan fingerprint density at radius 1 is 1.44 bits per heavy atom. The van der Waals surface area contributed by atoms with Crippen LogP contribution < -0.4 is 11.1 Å². The summed E-state index contributed by atoms with van der Waals surface area (Å²) >= 11 is 0. The highest BCUT2D eigenvalue weighted by Gasteiger charge is 2.24. The lowest BCUT2D eigenvalue weighted by atomic mass is 10.0. The van der Waals surface area contributed by atoms with Gasteiger partial charge in [-0.15, -0.1) is 0 Å². The van der Waals surface area contributed by atoms with E-state index < -0.39 is 0 Å². The Morgan fingerprint density at radius 3 is 2.83 bits per heavy atom. The number of nitrogens with two attached hydrogens (primary N) is 1. The van der Waals surface area contributed by atoms with E-state index in [-0.39, 0.29) is 12.1 Å². The highest BCUT2D eigenvalue weighted by molar-refractivity contribution is 5.31. The zero-order valence-electron chi connectivity index (χ0n) is 11.4. The van der Waals surface area contributed by atoms with Crippen molar-refractivity contribution in [3.63, 3.8) is 0 Å². The first kappa shape index (κ1) is 13.5. The van der Waals surface area contributed by atoms with Gasteiger partial charge in [0.2, 0.25) is 0 Å². The number of benzene rings is 1. The Bertz CT molecular complexity index is 377. The number of ether oxygens (including phenoxy) is 1. The molecule has 0 heterocycles. The maximum atomic E-state index is 5.87. The molecule has 3 heteroatoms. The van der Waals surface area contributed by atoms with Gasteiger partial charge in [0.1, 0.15) is 0 Å². The van der Waals surface area contributed by atoms with Crippen LogP contribution in [0.15, 0.2) is 24.3 Å². The van der Waals surface area contributed by atoms with E-state index in [1.165, 1.54) is 24.0 Å². The summed E-state index contributed by atoms with van der Waals surface area (Å²) in [4.78, 5) is 0. The molecule has 0 spiro atoms. The van der Waals surface area contributed by atoms with E-state index in [1.54, 1.807) is 7.11 Å². The predicted molar refractivity (Wildman–Crippen MR) is 74.7 cm³/mol. The summed E-state index contributed by atoms with van der Waals surface area (Å²) in [6, 6.07) is 9.06. The highest BCUT2D eigenvalue weighted by atomic mass is 16.5. The molecule has 18 heavy (non-hydrogen) atoms. The van der Waals surface area contributed by atoms with Crippen LogP contribution in [0.2, 0.25) is 0 Å². The lowest BCUT2D eigenvalue weighted by Crippen LogP contribution is -2.34. The molecule has 100 valence electrons. The van der Waals surface area contributed by atoms with Crippen molar-refractivity contribution in [3.8, 4) is 0 Å². The average molecular weight is 248 g/mol. The molecule has 1 aliphatic rings. The molecule has 2 rings (SSSR count). The lowest BCUT2D eigenvalue weighted by Gasteiger charge is -2.20. The Kier molecular flexibility index (Phi) is 4.75. The van der Waals surface area contributed by atoms with Crippen molar-refractivity contribution < 1.29 is 4.74 Å². The van der Waals surface area contributed by atoms with Crippen LogP contribution in [0.4, 0.5) is 0 Å². The van der Waals surface area contributed by atoms with Crippen LogP contribution >= 0.6 is 0 Å². The summed E-state index contributed by atoms with van der Waals surface area (Å²) in [6.45, 7) is 3.50. The Morgan fingerprint density at radius 2 is 2.22 bits per heavy atom. The minimum Gasteiger partial charge on any atom is -0.380 e. The molecule has 0 radical (unpaired) electrons. The molecule has 0 aliphatic heterocycles. The van der Waals surface area contributed by atoms with Gasteiger partial charge in [0.15, 0.2) is 0 Å². The Balaban J connectivity index is 1.99. The summed E-state index contributed by atoms with van der Waals surface area (Å²) in [5.41, 5.74) is 8.63. The van der Waals surface area contributed by atoms with Gasteiger partial charge in [-0.3, -0.25) is 0 Å². The second-order valence-corrected chi connectivity index (χ2v) is 5.19. The normalized spacial score (nSPS) is 18.6. The monoisotopic (exact) mass is 248 g/mol. The van der Waals surface area contributed by atoms with Crippen LogP contribution in [0.1, 0.15) is 42.9 Å². The zero-order chi connectivity index (χ0) is 13.0. The molecule has 1 aliphatic carbocycles. The standard InChI is InChI=1S/C15H24N2O/c1-11(18-2)10-17-15(9-16)14-5-3-4-13(8-14)12-6-7-12/h3-5,8,11-12,15,17H,6-7,9-10,16H2,1-2H3. The van der Waals surface area contributed by atoms with Crippen molar-refractivity contribution in [2.24, 2.45) is 5.73 Å². The van der Waals surface area contributed by atoms with Gasteiger partial charge in [0.25, 0.3) is 0 Å². The van der Waals surface area contributed by atoms with Crippen molar-refractivity contribution in [2.75, 3.05) is 20.2 Å². The van der Waals surface area contributed by atoms with E-state index in [9.17, 15) is 0 Å². The largest absolute Gasteiger partial charge is 0.380 e. The fraction of sp³-hybridized carbons (Fsp3) is 0.600. The molecule has 1 aromatic carbocycles. The summed E-state index contributed by atoms with van der Waals surface area (Å²) < 4.78 is 5.25. The molecule has 1 saturated carbocycles. The molecule has 0 bridgehead atoms. The van der Waals surface area contributed by atoms with Gasteiger partial charge in [-0.25, -0.2) is 0 Å². The van der Waals surface area contributed by atoms with E-state index in [1.807, 2.05) is 0 Å². The van der Waals surface area contributed by atoms with E-state index in [0.29, 0.717) is 6.54 Å². The van der Waals surface area contributed by atoms with Crippen LogP contribution in [-0.4, -0.2) is 26.3 Å². The minimum atomic E-state index is 0.214. The van der Waals surface area contributed by atoms with E-state index in [0.717, 1.165) is 12.5 Å². The molecule has 0 aromatic heterocycles. The third-order valence-electron chi connectivity index (χ3n) is 3.65. The SMILES string of the molecule is COC(C)CNC(CN)c1cccc(C2CC2)c1. The van der Waals surface area contributed by atoms with Crippen molar-refractivity contribution in [2.45, 2.75) is 37.8 Å². The first-order valence-electron chi connectivity index (χ1n) is 6.80. The summed E-state index contributed by atoms with van der Waals surface area (Å²) in [6.07, 6.45) is 2.89. The fourth-order valence-electron chi connectivity index (χ4n) is 2.18. The molecular formula is C15H24N2O. The topological polar surface area (TPSA) is 47.3 Å². The number of nitrogens with one attached hydrogen (secondary N) is 1. The summed E-state index contributed by atoms with van der Waals surface area (Å²) in [5.74, 6) is 0.793. The molecule has 1 fully saturated rings. The van der Waals surface area contributed by atoms with Crippen LogP contribution in [-0.2, 0) is 4.74 Å². The maximum absolute atomic E-state index is 5.87. The minimum absolute atomic E-state index is 0.214. The van der Waals surface area contributed by atoms with Gasteiger partial charge in [0.05, 0.1) is 6.10 Å². The van der Waals surface area contributed by atoms with Gasteiger partial charge in [-0.1, -0.05) is 24.3 Å². The van der Waals surface area contributed by atoms with Crippen LogP contribution in [0.25, 0.3) is 0 Å². The Labute approximate surface area is 110 Å². The van der Waals surface area contributed by atoms with Crippen LogP contribution in [0.5, 0.6) is 0 Å². The van der Waals surface area contributed by atoms with Gasteiger partial charge < -0.3 is 15.8 Å². The second-order valence-electron chi connectivity index (χ2n) is 5.19. The Hall–Kier alpha value is -0.900. The number of rotatable bonds is 7. The number of hydrogen-bond donors (Lipinski definition) is 2. The molecule has 2 atom stereocenters. The van der Waals surface area contributed by atoms with E-state index >= 15 is 0 Å². The van der Waals surface area contributed by atoms with Gasteiger partial charge in [-0.05, 0) is 36.8 Å². The predicted octanol–water partition coefficient (Wildman–Crippen LogP) is 2.19. The van der Waals surface area contributed by atoms with Crippen molar-refractivity contribution in [1.29, 1.82) is 0 Å². The van der Waals surface area contributed by atoms with E-state index in [4.69, 9.17) is 10.5 Å². The van der Waals surface area contributed by atoms with Gasteiger partial charge in [-0.2, -0.15) is 0 Å². The van der Waals surface area contributed by atoms with Gasteiger partial charge >= 0.3 is 0 Å². The van der Waals surface area contributed by atoms with E-state index in [2.05, 4.69) is 36.5 Å².